The van der Waals surface area contributed by atoms with Gasteiger partial charge in [-0.2, -0.15) is 13.2 Å². The van der Waals surface area contributed by atoms with E-state index in [0.717, 1.165) is 6.07 Å². The van der Waals surface area contributed by atoms with Gasteiger partial charge in [0.15, 0.2) is 11.5 Å². The zero-order valence-corrected chi connectivity index (χ0v) is 8.93. The van der Waals surface area contributed by atoms with E-state index < -0.39 is 23.5 Å². The van der Waals surface area contributed by atoms with Gasteiger partial charge in [0.25, 0.3) is 0 Å². The van der Waals surface area contributed by atoms with E-state index in [1.807, 2.05) is 0 Å². The SMILES string of the molecule is COc1cc(Cl)cc(C(N)C(F)(F)F)c1O. The Kier molecular flexibility index (Phi) is 3.54. The fourth-order valence-electron chi connectivity index (χ4n) is 1.16. The molecule has 1 aromatic rings. The van der Waals surface area contributed by atoms with E-state index >= 15 is 0 Å². The van der Waals surface area contributed by atoms with Crippen molar-refractivity contribution < 1.29 is 23.0 Å². The highest BCUT2D eigenvalue weighted by molar-refractivity contribution is 6.30. The summed E-state index contributed by atoms with van der Waals surface area (Å²) in [6.45, 7) is 0. The molecule has 0 bridgehead atoms. The molecule has 0 aliphatic carbocycles. The van der Waals surface area contributed by atoms with E-state index in [1.54, 1.807) is 0 Å². The lowest BCUT2D eigenvalue weighted by Crippen LogP contribution is -2.28. The number of phenols is 1. The zero-order valence-electron chi connectivity index (χ0n) is 8.18. The molecule has 16 heavy (non-hydrogen) atoms. The molecule has 90 valence electrons. The van der Waals surface area contributed by atoms with Crippen molar-refractivity contribution in [2.24, 2.45) is 5.73 Å². The summed E-state index contributed by atoms with van der Waals surface area (Å²) in [6, 6.07) is -0.152. The van der Waals surface area contributed by atoms with Crippen molar-refractivity contribution in [3.63, 3.8) is 0 Å². The van der Waals surface area contributed by atoms with Gasteiger partial charge in [-0.05, 0) is 6.07 Å². The Morgan fingerprint density at radius 3 is 2.44 bits per heavy atom. The number of methoxy groups -OCH3 is 1. The summed E-state index contributed by atoms with van der Waals surface area (Å²) in [5, 5.41) is 9.49. The van der Waals surface area contributed by atoms with E-state index in [0.29, 0.717) is 0 Å². The lowest BCUT2D eigenvalue weighted by atomic mass is 10.1. The van der Waals surface area contributed by atoms with Crippen LogP contribution in [0.15, 0.2) is 12.1 Å². The molecule has 0 radical (unpaired) electrons. The van der Waals surface area contributed by atoms with Gasteiger partial charge in [-0.3, -0.25) is 0 Å². The Labute approximate surface area is 94.6 Å². The standard InChI is InChI=1S/C9H9ClF3NO2/c1-16-6-3-4(10)2-5(7(6)15)8(14)9(11,12)13/h2-3,8,15H,14H2,1H3. The third-order valence-corrected chi connectivity index (χ3v) is 2.20. The van der Waals surface area contributed by atoms with Gasteiger partial charge in [-0.1, -0.05) is 11.6 Å². The third kappa shape index (κ3) is 2.51. The maximum atomic E-state index is 12.4. The van der Waals surface area contributed by atoms with Gasteiger partial charge in [-0.25, -0.2) is 0 Å². The van der Waals surface area contributed by atoms with Crippen LogP contribution in [0.5, 0.6) is 11.5 Å². The Morgan fingerprint density at radius 2 is 2.00 bits per heavy atom. The number of rotatable bonds is 2. The summed E-state index contributed by atoms with van der Waals surface area (Å²) in [5.74, 6) is -0.807. The molecule has 0 saturated heterocycles. The van der Waals surface area contributed by atoms with Crippen LogP contribution in [0.1, 0.15) is 11.6 Å². The van der Waals surface area contributed by atoms with Crippen molar-refractivity contribution >= 4 is 11.6 Å². The maximum Gasteiger partial charge on any atom is 0.407 e. The highest BCUT2D eigenvalue weighted by Crippen LogP contribution is 2.41. The second-order valence-corrected chi connectivity index (χ2v) is 3.50. The van der Waals surface area contributed by atoms with E-state index in [9.17, 15) is 18.3 Å². The molecule has 7 heteroatoms. The van der Waals surface area contributed by atoms with Gasteiger partial charge < -0.3 is 15.6 Å². The molecule has 0 aliphatic rings. The fraction of sp³-hybridized carbons (Fsp3) is 0.333. The van der Waals surface area contributed by atoms with Crippen molar-refractivity contribution in [2.45, 2.75) is 12.2 Å². The molecular formula is C9H9ClF3NO2. The number of alkyl halides is 3. The first kappa shape index (κ1) is 12.9. The van der Waals surface area contributed by atoms with Gasteiger partial charge in [-0.15, -0.1) is 0 Å². The lowest BCUT2D eigenvalue weighted by Gasteiger charge is -2.18. The average Bonchev–Trinajstić information content (AvgIpc) is 2.18. The molecule has 1 unspecified atom stereocenters. The van der Waals surface area contributed by atoms with Crippen LogP contribution in [0, 0.1) is 0 Å². The summed E-state index contributed by atoms with van der Waals surface area (Å²) < 4.78 is 41.8. The van der Waals surface area contributed by atoms with Crippen LogP contribution in [0.4, 0.5) is 13.2 Å². The monoisotopic (exact) mass is 255 g/mol. The minimum atomic E-state index is -4.66. The van der Waals surface area contributed by atoms with Crippen molar-refractivity contribution in [3.05, 3.63) is 22.7 Å². The zero-order chi connectivity index (χ0) is 12.5. The molecule has 3 nitrogen and oxygen atoms in total. The highest BCUT2D eigenvalue weighted by Gasteiger charge is 2.40. The number of nitrogens with two attached hydrogens (primary N) is 1. The minimum absolute atomic E-state index is 0.00403. The lowest BCUT2D eigenvalue weighted by molar-refractivity contribution is -0.149. The summed E-state index contributed by atoms with van der Waals surface area (Å²) in [5.41, 5.74) is 4.45. The number of ether oxygens (including phenoxy) is 1. The molecule has 1 rings (SSSR count). The molecule has 0 saturated carbocycles. The van der Waals surface area contributed by atoms with Crippen molar-refractivity contribution in [2.75, 3.05) is 7.11 Å². The topological polar surface area (TPSA) is 55.5 Å². The molecule has 0 spiro atoms. The van der Waals surface area contributed by atoms with Crippen LogP contribution >= 0.6 is 11.6 Å². The fourth-order valence-corrected chi connectivity index (χ4v) is 1.38. The molecule has 1 aromatic carbocycles. The molecule has 0 heterocycles. The summed E-state index contributed by atoms with van der Waals surface area (Å²) in [4.78, 5) is 0. The number of aromatic hydroxyl groups is 1. The Morgan fingerprint density at radius 1 is 1.44 bits per heavy atom. The van der Waals surface area contributed by atoms with Crippen LogP contribution in [0.3, 0.4) is 0 Å². The number of benzene rings is 1. The number of hydrogen-bond donors (Lipinski definition) is 2. The largest absolute Gasteiger partial charge is 0.504 e. The van der Waals surface area contributed by atoms with Crippen molar-refractivity contribution in [1.82, 2.24) is 0 Å². The normalized spacial score (nSPS) is 13.6. The minimum Gasteiger partial charge on any atom is -0.504 e. The predicted molar refractivity (Wildman–Crippen MR) is 52.7 cm³/mol. The van der Waals surface area contributed by atoms with Crippen LogP contribution < -0.4 is 10.5 Å². The quantitative estimate of drug-likeness (QED) is 0.854. The molecule has 3 N–H and O–H groups in total. The molecule has 0 fully saturated rings. The molecular weight excluding hydrogens is 247 g/mol. The predicted octanol–water partition coefficient (Wildman–Crippen LogP) is 2.62. The summed E-state index contributed by atoms with van der Waals surface area (Å²) >= 11 is 5.58. The molecule has 0 aromatic heterocycles. The summed E-state index contributed by atoms with van der Waals surface area (Å²) in [6.07, 6.45) is -4.66. The molecule has 0 amide bonds. The molecule has 1 atom stereocenters. The maximum absolute atomic E-state index is 12.4. The van der Waals surface area contributed by atoms with Gasteiger partial charge >= 0.3 is 6.18 Å². The van der Waals surface area contributed by atoms with Crippen LogP contribution in [-0.2, 0) is 0 Å². The Balaban J connectivity index is 3.28. The van der Waals surface area contributed by atoms with Crippen LogP contribution in [-0.4, -0.2) is 18.4 Å². The van der Waals surface area contributed by atoms with Gasteiger partial charge in [0.2, 0.25) is 0 Å². The number of hydrogen-bond acceptors (Lipinski definition) is 3. The first-order valence-corrected chi connectivity index (χ1v) is 4.54. The van der Waals surface area contributed by atoms with E-state index in [1.165, 1.54) is 13.2 Å². The van der Waals surface area contributed by atoms with Gasteiger partial charge in [0, 0.05) is 16.7 Å². The molecule has 0 aliphatic heterocycles. The second-order valence-electron chi connectivity index (χ2n) is 3.07. The van der Waals surface area contributed by atoms with Gasteiger partial charge in [0.1, 0.15) is 6.04 Å². The number of phenolic OH excluding ortho intramolecular Hbond substituents is 1. The van der Waals surface area contributed by atoms with E-state index in [2.05, 4.69) is 4.74 Å². The van der Waals surface area contributed by atoms with E-state index in [-0.39, 0.29) is 10.8 Å². The van der Waals surface area contributed by atoms with Gasteiger partial charge in [0.05, 0.1) is 7.11 Å². The highest BCUT2D eigenvalue weighted by atomic mass is 35.5. The second kappa shape index (κ2) is 4.39. The average molecular weight is 256 g/mol. The van der Waals surface area contributed by atoms with Crippen LogP contribution in [0.25, 0.3) is 0 Å². The first-order chi connectivity index (χ1) is 7.27. The first-order valence-electron chi connectivity index (χ1n) is 4.16. The Hall–Kier alpha value is -1.14. The number of halogens is 4. The van der Waals surface area contributed by atoms with Crippen molar-refractivity contribution in [1.29, 1.82) is 0 Å². The third-order valence-electron chi connectivity index (χ3n) is 1.98. The Bertz CT molecular complexity index is 395. The van der Waals surface area contributed by atoms with Crippen LogP contribution in [0.2, 0.25) is 5.02 Å². The van der Waals surface area contributed by atoms with E-state index in [4.69, 9.17) is 17.3 Å². The summed E-state index contributed by atoms with van der Waals surface area (Å²) in [7, 11) is 1.20. The smallest absolute Gasteiger partial charge is 0.407 e. The van der Waals surface area contributed by atoms with Crippen molar-refractivity contribution in [3.8, 4) is 11.5 Å².